The van der Waals surface area contributed by atoms with Crippen LogP contribution < -0.4 is 15.7 Å². The van der Waals surface area contributed by atoms with Gasteiger partial charge in [0.05, 0.1) is 28.8 Å². The molecule has 2 aromatic heterocycles. The first-order chi connectivity index (χ1) is 16.3. The number of aryl methyl sites for hydroxylation is 2. The highest BCUT2D eigenvalue weighted by Crippen LogP contribution is 2.32. The van der Waals surface area contributed by atoms with E-state index in [0.29, 0.717) is 40.1 Å². The molecule has 0 spiro atoms. The lowest BCUT2D eigenvalue weighted by Gasteiger charge is -2.29. The Labute approximate surface area is 206 Å². The summed E-state index contributed by atoms with van der Waals surface area (Å²) in [6.45, 7) is 2.79. The van der Waals surface area contributed by atoms with E-state index in [-0.39, 0.29) is 22.7 Å². The molecular formula is C22H26Cl2N6O4. The van der Waals surface area contributed by atoms with E-state index in [1.807, 2.05) is 0 Å². The molecule has 12 heteroatoms. The monoisotopic (exact) mass is 508 g/mol. The zero-order valence-corrected chi connectivity index (χ0v) is 20.5. The Balaban J connectivity index is 1.26. The molecule has 2 heterocycles. The molecule has 1 N–H and O–H groups in total. The summed E-state index contributed by atoms with van der Waals surface area (Å²) in [6.07, 6.45) is 5.90. The maximum Gasteiger partial charge on any atom is 0.330 e. The molecule has 0 bridgehead atoms. The van der Waals surface area contributed by atoms with E-state index in [0.717, 1.165) is 38.6 Å². The molecule has 3 aromatic rings. The second kappa shape index (κ2) is 10.3. The predicted octanol–water partition coefficient (Wildman–Crippen LogP) is 4.20. The summed E-state index contributed by atoms with van der Waals surface area (Å²) in [5, 5.41) is 15.1. The van der Waals surface area contributed by atoms with Gasteiger partial charge >= 0.3 is 5.69 Å². The second-order valence-electron chi connectivity index (χ2n) is 8.55. The molecule has 1 aromatic carbocycles. The van der Waals surface area contributed by atoms with Gasteiger partial charge in [-0.25, -0.2) is 9.78 Å². The van der Waals surface area contributed by atoms with Gasteiger partial charge in [0, 0.05) is 24.7 Å². The lowest BCUT2D eigenvalue weighted by Crippen LogP contribution is -2.36. The molecule has 182 valence electrons. The molecule has 1 fully saturated rings. The Morgan fingerprint density at radius 1 is 1.26 bits per heavy atom. The van der Waals surface area contributed by atoms with Gasteiger partial charge in [-0.3, -0.25) is 19.2 Å². The average Bonchev–Trinajstić information content (AvgIpc) is 3.04. The number of rotatable bonds is 8. The quantitative estimate of drug-likeness (QED) is 0.209. The van der Waals surface area contributed by atoms with E-state index in [1.165, 1.54) is 6.07 Å². The fourth-order valence-corrected chi connectivity index (χ4v) is 4.89. The SMILES string of the molecule is Cc1cc(Cl)c(OCCCNC2CCC(n3c(=O)n(C)c4cnc(Cl)nc43)CC2)cc1[N+](=O)[O-]. The van der Waals surface area contributed by atoms with Crippen LogP contribution in [0.2, 0.25) is 10.3 Å². The van der Waals surface area contributed by atoms with Crippen LogP contribution in [0.25, 0.3) is 11.2 Å². The van der Waals surface area contributed by atoms with Crippen molar-refractivity contribution in [1.29, 1.82) is 0 Å². The van der Waals surface area contributed by atoms with E-state index in [2.05, 4.69) is 15.3 Å². The summed E-state index contributed by atoms with van der Waals surface area (Å²) >= 11 is 12.1. The first-order valence-electron chi connectivity index (χ1n) is 11.2. The number of nitrogens with zero attached hydrogens (tertiary/aromatic N) is 5. The first-order valence-corrected chi connectivity index (χ1v) is 11.9. The number of nitrogens with one attached hydrogen (secondary N) is 1. The van der Waals surface area contributed by atoms with Gasteiger partial charge < -0.3 is 10.1 Å². The number of nitro benzene ring substituents is 1. The van der Waals surface area contributed by atoms with Crippen LogP contribution >= 0.6 is 23.2 Å². The maximum atomic E-state index is 12.8. The smallest absolute Gasteiger partial charge is 0.330 e. The van der Waals surface area contributed by atoms with Gasteiger partial charge in [-0.05, 0) is 63.2 Å². The fourth-order valence-electron chi connectivity index (χ4n) is 4.49. The van der Waals surface area contributed by atoms with Crippen LogP contribution in [-0.2, 0) is 7.05 Å². The summed E-state index contributed by atoms with van der Waals surface area (Å²) in [7, 11) is 1.72. The number of benzene rings is 1. The van der Waals surface area contributed by atoms with Gasteiger partial charge in [-0.2, -0.15) is 4.98 Å². The van der Waals surface area contributed by atoms with Gasteiger partial charge in [0.1, 0.15) is 11.3 Å². The highest BCUT2D eigenvalue weighted by Gasteiger charge is 2.26. The molecule has 0 saturated heterocycles. The zero-order chi connectivity index (χ0) is 24.4. The number of hydrogen-bond donors (Lipinski definition) is 1. The van der Waals surface area contributed by atoms with Crippen molar-refractivity contribution in [2.24, 2.45) is 7.05 Å². The van der Waals surface area contributed by atoms with Crippen LogP contribution in [0.1, 0.15) is 43.7 Å². The number of imidazole rings is 1. The Morgan fingerprint density at radius 2 is 2.00 bits per heavy atom. The van der Waals surface area contributed by atoms with E-state index in [1.54, 1.807) is 35.4 Å². The lowest BCUT2D eigenvalue weighted by atomic mass is 9.91. The second-order valence-corrected chi connectivity index (χ2v) is 9.29. The molecule has 0 unspecified atom stereocenters. The van der Waals surface area contributed by atoms with Crippen LogP contribution in [-0.4, -0.2) is 43.2 Å². The molecule has 10 nitrogen and oxygen atoms in total. The van der Waals surface area contributed by atoms with Gasteiger partial charge in [-0.15, -0.1) is 0 Å². The number of halogens is 2. The molecule has 0 aliphatic heterocycles. The largest absolute Gasteiger partial charge is 0.492 e. The molecule has 0 atom stereocenters. The Hall–Kier alpha value is -2.69. The van der Waals surface area contributed by atoms with E-state index < -0.39 is 4.92 Å². The molecule has 0 radical (unpaired) electrons. The van der Waals surface area contributed by atoms with Crippen molar-refractivity contribution in [1.82, 2.24) is 24.4 Å². The topological polar surface area (TPSA) is 117 Å². The van der Waals surface area contributed by atoms with Gasteiger partial charge in [0.15, 0.2) is 5.65 Å². The summed E-state index contributed by atoms with van der Waals surface area (Å²) in [6, 6.07) is 3.35. The average molecular weight is 509 g/mol. The van der Waals surface area contributed by atoms with Crippen molar-refractivity contribution in [2.75, 3.05) is 13.2 Å². The third kappa shape index (κ3) is 5.03. The van der Waals surface area contributed by atoms with Gasteiger partial charge in [0.2, 0.25) is 5.28 Å². The van der Waals surface area contributed by atoms with Crippen LogP contribution in [0.15, 0.2) is 23.1 Å². The molecule has 1 aliphatic rings. The number of nitro groups is 1. The molecule has 0 amide bonds. The van der Waals surface area contributed by atoms with Crippen LogP contribution in [0, 0.1) is 17.0 Å². The Morgan fingerprint density at radius 3 is 2.71 bits per heavy atom. The Kier molecular flexibility index (Phi) is 7.39. The summed E-state index contributed by atoms with van der Waals surface area (Å²) in [5.74, 6) is 0.323. The summed E-state index contributed by atoms with van der Waals surface area (Å²) in [4.78, 5) is 31.7. The highest BCUT2D eigenvalue weighted by molar-refractivity contribution is 6.32. The summed E-state index contributed by atoms with van der Waals surface area (Å²) < 4.78 is 8.98. The molecule has 1 aliphatic carbocycles. The van der Waals surface area contributed by atoms with E-state index >= 15 is 0 Å². The first kappa shape index (κ1) is 24.4. The van der Waals surface area contributed by atoms with Gasteiger partial charge in [-0.1, -0.05) is 11.6 Å². The maximum absolute atomic E-state index is 12.8. The third-order valence-electron chi connectivity index (χ3n) is 6.32. The molecular weight excluding hydrogens is 483 g/mol. The molecule has 1 saturated carbocycles. The van der Waals surface area contributed by atoms with Crippen LogP contribution in [0.5, 0.6) is 5.75 Å². The van der Waals surface area contributed by atoms with Crippen LogP contribution in [0.4, 0.5) is 5.69 Å². The fraction of sp³-hybridized carbons (Fsp3) is 0.500. The highest BCUT2D eigenvalue weighted by atomic mass is 35.5. The van der Waals surface area contributed by atoms with E-state index in [9.17, 15) is 14.9 Å². The van der Waals surface area contributed by atoms with Crippen LogP contribution in [0.3, 0.4) is 0 Å². The van der Waals surface area contributed by atoms with Crippen molar-refractivity contribution in [3.8, 4) is 5.75 Å². The normalized spacial score (nSPS) is 18.4. The van der Waals surface area contributed by atoms with Crippen molar-refractivity contribution >= 4 is 40.1 Å². The number of hydrogen-bond acceptors (Lipinski definition) is 7. The minimum Gasteiger partial charge on any atom is -0.492 e. The number of ether oxygens (including phenoxy) is 1. The Bertz CT molecular complexity index is 1270. The number of fused-ring (bicyclic) bond motifs is 1. The molecule has 4 rings (SSSR count). The van der Waals surface area contributed by atoms with Gasteiger partial charge in [0.25, 0.3) is 5.69 Å². The lowest BCUT2D eigenvalue weighted by molar-refractivity contribution is -0.385. The van der Waals surface area contributed by atoms with Crippen molar-refractivity contribution < 1.29 is 9.66 Å². The summed E-state index contributed by atoms with van der Waals surface area (Å²) in [5.41, 5.74) is 1.65. The molecule has 34 heavy (non-hydrogen) atoms. The third-order valence-corrected chi connectivity index (χ3v) is 6.80. The standard InChI is InChI=1S/C22H26Cl2N6O4/c1-13-10-16(23)19(11-17(13)30(32)33)34-9-3-8-25-14-4-6-15(7-5-14)29-20-18(28(2)22(29)31)12-26-21(24)27-20/h10-12,14-15,25H,3-9H2,1-2H3. The van der Waals surface area contributed by atoms with E-state index in [4.69, 9.17) is 27.9 Å². The minimum absolute atomic E-state index is 0.00618. The van der Waals surface area contributed by atoms with Crippen molar-refractivity contribution in [3.63, 3.8) is 0 Å². The zero-order valence-electron chi connectivity index (χ0n) is 19.0. The van der Waals surface area contributed by atoms with Crippen molar-refractivity contribution in [2.45, 2.75) is 51.1 Å². The predicted molar refractivity (Wildman–Crippen MR) is 130 cm³/mol. The van der Waals surface area contributed by atoms with Crippen molar-refractivity contribution in [3.05, 3.63) is 54.8 Å². The minimum atomic E-state index is -0.440. The number of aromatic nitrogens is 4.